The Balaban J connectivity index is 1.62. The van der Waals surface area contributed by atoms with Gasteiger partial charge >= 0.3 is 0 Å². The normalized spacial score (nSPS) is 10.6. The largest absolute Gasteiger partial charge is 0.382 e. The fourth-order valence-electron chi connectivity index (χ4n) is 3.26. The van der Waals surface area contributed by atoms with Gasteiger partial charge in [-0.2, -0.15) is 0 Å². The molecule has 5 N–H and O–H groups in total. The van der Waals surface area contributed by atoms with Gasteiger partial charge in [0, 0.05) is 17.3 Å². The highest BCUT2D eigenvalue weighted by Gasteiger charge is 2.17. The van der Waals surface area contributed by atoms with Gasteiger partial charge in [-0.1, -0.05) is 54.6 Å². The first kappa shape index (κ1) is 20.2. The van der Waals surface area contributed by atoms with E-state index in [2.05, 4.69) is 20.3 Å². The predicted molar refractivity (Wildman–Crippen MR) is 122 cm³/mol. The zero-order valence-corrected chi connectivity index (χ0v) is 16.8. The van der Waals surface area contributed by atoms with Crippen LogP contribution in [0.25, 0.3) is 22.4 Å². The van der Waals surface area contributed by atoms with Crippen molar-refractivity contribution in [3.63, 3.8) is 0 Å². The average Bonchev–Trinajstić information content (AvgIpc) is 2.81. The van der Waals surface area contributed by atoms with Crippen LogP contribution in [-0.4, -0.2) is 27.4 Å². The molecule has 0 atom stereocenters. The van der Waals surface area contributed by atoms with Crippen molar-refractivity contribution >= 4 is 17.4 Å². The molecule has 4 aromatic rings. The monoisotopic (exact) mass is 410 g/mol. The van der Waals surface area contributed by atoms with Crippen LogP contribution in [-0.2, 0) is 6.42 Å². The van der Waals surface area contributed by atoms with E-state index in [4.69, 9.17) is 11.5 Å². The summed E-state index contributed by atoms with van der Waals surface area (Å²) in [5.74, 6) is -0.386. The first-order chi connectivity index (χ1) is 15.2. The van der Waals surface area contributed by atoms with E-state index in [1.807, 2.05) is 60.7 Å². The van der Waals surface area contributed by atoms with E-state index in [9.17, 15) is 4.79 Å². The lowest BCUT2D eigenvalue weighted by Crippen LogP contribution is -2.18. The molecule has 7 nitrogen and oxygen atoms in total. The highest BCUT2D eigenvalue weighted by Crippen LogP contribution is 2.27. The molecule has 0 radical (unpaired) electrons. The molecule has 0 aliphatic heterocycles. The minimum atomic E-state index is -0.447. The first-order valence-electron chi connectivity index (χ1n) is 9.88. The first-order valence-corrected chi connectivity index (χ1v) is 9.88. The Morgan fingerprint density at radius 1 is 0.935 bits per heavy atom. The molecule has 0 saturated heterocycles. The van der Waals surface area contributed by atoms with Crippen LogP contribution in [0.1, 0.15) is 16.1 Å². The lowest BCUT2D eigenvalue weighted by atomic mass is 10.1. The number of carbonyl (C=O) groups is 1. The molecule has 2 heterocycles. The third-order valence-corrected chi connectivity index (χ3v) is 4.85. The highest BCUT2D eigenvalue weighted by atomic mass is 16.1. The molecular weight excluding hydrogens is 388 g/mol. The molecule has 7 heteroatoms. The maximum Gasteiger partial charge on any atom is 0.278 e. The van der Waals surface area contributed by atoms with Crippen molar-refractivity contribution in [1.29, 1.82) is 0 Å². The van der Waals surface area contributed by atoms with Gasteiger partial charge in [0.2, 0.25) is 0 Å². The molecular formula is C24H22N6O. The molecule has 0 aliphatic rings. The fraction of sp³-hybridized carbons (Fsp3) is 0.0833. The number of nitrogens with zero attached hydrogens (tertiary/aromatic N) is 3. The summed E-state index contributed by atoms with van der Waals surface area (Å²) >= 11 is 0. The Bertz CT molecular complexity index is 1190. The molecule has 0 bridgehead atoms. The number of anilines is 2. The smallest absolute Gasteiger partial charge is 0.278 e. The predicted octanol–water partition coefficient (Wildman–Crippen LogP) is 3.54. The maximum atomic E-state index is 13.0. The van der Waals surface area contributed by atoms with Gasteiger partial charge in [0.1, 0.15) is 0 Å². The van der Waals surface area contributed by atoms with Crippen molar-refractivity contribution in [3.05, 3.63) is 90.5 Å². The maximum absolute atomic E-state index is 13.0. The van der Waals surface area contributed by atoms with Crippen LogP contribution < -0.4 is 16.8 Å². The van der Waals surface area contributed by atoms with Gasteiger partial charge in [-0.3, -0.25) is 9.78 Å². The third kappa shape index (κ3) is 4.57. The van der Waals surface area contributed by atoms with Crippen molar-refractivity contribution < 1.29 is 4.79 Å². The second-order valence-corrected chi connectivity index (χ2v) is 6.97. The van der Waals surface area contributed by atoms with Gasteiger partial charge in [0.25, 0.3) is 5.91 Å². The molecule has 2 aromatic carbocycles. The number of nitrogen functional groups attached to an aromatic ring is 1. The summed E-state index contributed by atoms with van der Waals surface area (Å²) in [5, 5.41) is 2.87. The molecule has 154 valence electrons. The van der Waals surface area contributed by atoms with Gasteiger partial charge < -0.3 is 16.8 Å². The Labute approximate surface area is 180 Å². The van der Waals surface area contributed by atoms with Crippen molar-refractivity contribution in [2.45, 2.75) is 6.42 Å². The summed E-state index contributed by atoms with van der Waals surface area (Å²) in [4.78, 5) is 25.8. The number of nitrogens with one attached hydrogen (secondary N) is 1. The van der Waals surface area contributed by atoms with Gasteiger partial charge in [0.05, 0.1) is 23.8 Å². The van der Waals surface area contributed by atoms with Gasteiger partial charge in [0.15, 0.2) is 11.5 Å². The minimum absolute atomic E-state index is 0.0613. The van der Waals surface area contributed by atoms with E-state index in [1.165, 1.54) is 0 Å². The van der Waals surface area contributed by atoms with E-state index < -0.39 is 5.91 Å². The number of nitrogens with two attached hydrogens (primary N) is 2. The SMILES string of the molecule is NCCc1ccc(-c2cnc(N)c(C(=O)Nc3cnccc3-c3ccccc3)n2)cc1. The lowest BCUT2D eigenvalue weighted by molar-refractivity contribution is 0.102. The van der Waals surface area contributed by atoms with Crippen LogP contribution in [0.3, 0.4) is 0 Å². The minimum Gasteiger partial charge on any atom is -0.382 e. The standard InChI is InChI=1S/C24H22N6O/c25-12-10-16-6-8-18(9-7-16)20-15-28-23(26)22(29-20)24(31)30-21-14-27-13-11-19(21)17-4-2-1-3-5-17/h1-9,11,13-15H,10,12,25H2,(H2,26,28)(H,30,31). The van der Waals surface area contributed by atoms with Crippen molar-refractivity contribution in [2.75, 3.05) is 17.6 Å². The number of benzene rings is 2. The van der Waals surface area contributed by atoms with Crippen molar-refractivity contribution in [1.82, 2.24) is 15.0 Å². The molecule has 2 aromatic heterocycles. The highest BCUT2D eigenvalue weighted by molar-refractivity contribution is 6.07. The molecule has 0 spiro atoms. The zero-order chi connectivity index (χ0) is 21.6. The summed E-state index contributed by atoms with van der Waals surface area (Å²) in [7, 11) is 0. The van der Waals surface area contributed by atoms with Crippen molar-refractivity contribution in [2.24, 2.45) is 5.73 Å². The third-order valence-electron chi connectivity index (χ3n) is 4.85. The molecule has 4 rings (SSSR count). The number of amides is 1. The van der Waals surface area contributed by atoms with E-state index in [-0.39, 0.29) is 11.5 Å². The number of rotatable bonds is 6. The van der Waals surface area contributed by atoms with Gasteiger partial charge in [-0.05, 0) is 30.2 Å². The number of carbonyl (C=O) groups excluding carboxylic acids is 1. The average molecular weight is 410 g/mol. The number of pyridine rings is 1. The van der Waals surface area contributed by atoms with Crippen LogP contribution >= 0.6 is 0 Å². The number of hydrogen-bond acceptors (Lipinski definition) is 6. The van der Waals surface area contributed by atoms with Crippen LogP contribution in [0.2, 0.25) is 0 Å². The summed E-state index contributed by atoms with van der Waals surface area (Å²) < 4.78 is 0. The van der Waals surface area contributed by atoms with Crippen LogP contribution in [0, 0.1) is 0 Å². The zero-order valence-electron chi connectivity index (χ0n) is 16.8. The van der Waals surface area contributed by atoms with Crippen LogP contribution in [0.4, 0.5) is 11.5 Å². The molecule has 1 amide bonds. The molecule has 0 fully saturated rings. The quantitative estimate of drug-likeness (QED) is 0.447. The summed E-state index contributed by atoms with van der Waals surface area (Å²) in [6.07, 6.45) is 5.64. The van der Waals surface area contributed by atoms with E-state index in [1.54, 1.807) is 18.6 Å². The lowest BCUT2D eigenvalue weighted by Gasteiger charge is -2.12. The van der Waals surface area contributed by atoms with E-state index >= 15 is 0 Å². The second-order valence-electron chi connectivity index (χ2n) is 6.97. The number of aromatic nitrogens is 3. The Morgan fingerprint density at radius 2 is 1.71 bits per heavy atom. The van der Waals surface area contributed by atoms with E-state index in [0.717, 1.165) is 28.7 Å². The van der Waals surface area contributed by atoms with Crippen molar-refractivity contribution in [3.8, 4) is 22.4 Å². The van der Waals surface area contributed by atoms with Crippen LogP contribution in [0.15, 0.2) is 79.3 Å². The van der Waals surface area contributed by atoms with Crippen LogP contribution in [0.5, 0.6) is 0 Å². The van der Waals surface area contributed by atoms with E-state index in [0.29, 0.717) is 17.9 Å². The summed E-state index contributed by atoms with van der Waals surface area (Å²) in [6.45, 7) is 0.588. The summed E-state index contributed by atoms with van der Waals surface area (Å²) in [5.41, 5.74) is 16.6. The van der Waals surface area contributed by atoms with Gasteiger partial charge in [-0.15, -0.1) is 0 Å². The fourth-order valence-corrected chi connectivity index (χ4v) is 3.26. The Morgan fingerprint density at radius 3 is 2.45 bits per heavy atom. The molecule has 0 saturated carbocycles. The Hall–Kier alpha value is -4.10. The number of hydrogen-bond donors (Lipinski definition) is 3. The molecule has 0 unspecified atom stereocenters. The molecule has 0 aliphatic carbocycles. The molecule has 31 heavy (non-hydrogen) atoms. The second kappa shape index (κ2) is 9.15. The van der Waals surface area contributed by atoms with Gasteiger partial charge in [-0.25, -0.2) is 9.97 Å². The Kier molecular flexibility index (Phi) is 5.96. The summed E-state index contributed by atoms with van der Waals surface area (Å²) in [6, 6.07) is 19.4. The topological polar surface area (TPSA) is 120 Å².